The van der Waals surface area contributed by atoms with Crippen molar-refractivity contribution < 1.29 is 4.39 Å². The molecule has 1 aliphatic rings. The van der Waals surface area contributed by atoms with Gasteiger partial charge in [0.1, 0.15) is 11.6 Å². The van der Waals surface area contributed by atoms with E-state index in [2.05, 4.69) is 28.6 Å². The standard InChI is InChI=1S/C14H16FN3/c1-14(2)8-7-12-16-17-13(18(12)9-14)10-5-3-4-6-11(10)15/h3-6H,7-9H2,1-2H3. The fraction of sp³-hybridized carbons (Fsp3) is 0.429. The molecule has 0 unspecified atom stereocenters. The van der Waals surface area contributed by atoms with E-state index in [9.17, 15) is 4.39 Å². The summed E-state index contributed by atoms with van der Waals surface area (Å²) in [6, 6.07) is 6.74. The van der Waals surface area contributed by atoms with Gasteiger partial charge in [0.15, 0.2) is 5.82 Å². The average Bonchev–Trinajstić information content (AvgIpc) is 2.71. The molecule has 0 saturated heterocycles. The minimum atomic E-state index is -0.240. The monoisotopic (exact) mass is 245 g/mol. The molecule has 2 heterocycles. The van der Waals surface area contributed by atoms with Crippen molar-refractivity contribution in [1.29, 1.82) is 0 Å². The van der Waals surface area contributed by atoms with Gasteiger partial charge < -0.3 is 4.57 Å². The van der Waals surface area contributed by atoms with Crippen molar-refractivity contribution in [2.75, 3.05) is 0 Å². The van der Waals surface area contributed by atoms with Crippen LogP contribution >= 0.6 is 0 Å². The molecule has 0 amide bonds. The SMILES string of the molecule is CC1(C)CCc2nnc(-c3ccccc3F)n2C1. The first kappa shape index (κ1) is 11.4. The van der Waals surface area contributed by atoms with Crippen LogP contribution in [0.3, 0.4) is 0 Å². The Morgan fingerprint density at radius 2 is 2.00 bits per heavy atom. The number of rotatable bonds is 1. The number of nitrogens with zero attached hydrogens (tertiary/aromatic N) is 3. The molecular formula is C14H16FN3. The molecule has 3 nitrogen and oxygen atoms in total. The lowest BCUT2D eigenvalue weighted by Gasteiger charge is -2.30. The average molecular weight is 245 g/mol. The minimum absolute atomic E-state index is 0.218. The van der Waals surface area contributed by atoms with Crippen molar-refractivity contribution in [2.45, 2.75) is 33.2 Å². The molecule has 1 aliphatic heterocycles. The lowest BCUT2D eigenvalue weighted by molar-refractivity contribution is 0.248. The van der Waals surface area contributed by atoms with Crippen molar-refractivity contribution in [3.8, 4) is 11.4 Å². The van der Waals surface area contributed by atoms with Gasteiger partial charge in [-0.2, -0.15) is 0 Å². The van der Waals surface area contributed by atoms with E-state index in [1.807, 2.05) is 6.07 Å². The summed E-state index contributed by atoms with van der Waals surface area (Å²) >= 11 is 0. The van der Waals surface area contributed by atoms with E-state index in [1.54, 1.807) is 12.1 Å². The quantitative estimate of drug-likeness (QED) is 0.773. The number of aryl methyl sites for hydroxylation is 1. The predicted octanol–water partition coefficient (Wildman–Crippen LogP) is 3.06. The molecule has 4 heteroatoms. The van der Waals surface area contributed by atoms with Gasteiger partial charge in [0.05, 0.1) is 5.56 Å². The molecule has 0 N–H and O–H groups in total. The van der Waals surface area contributed by atoms with Crippen molar-refractivity contribution in [3.63, 3.8) is 0 Å². The summed E-state index contributed by atoms with van der Waals surface area (Å²) in [6.45, 7) is 5.29. The normalized spacial score (nSPS) is 17.5. The maximum absolute atomic E-state index is 13.8. The van der Waals surface area contributed by atoms with Crippen LogP contribution in [0, 0.1) is 11.2 Å². The zero-order valence-corrected chi connectivity index (χ0v) is 10.7. The fourth-order valence-electron chi connectivity index (χ4n) is 2.49. The maximum Gasteiger partial charge on any atom is 0.166 e. The van der Waals surface area contributed by atoms with Gasteiger partial charge in [-0.1, -0.05) is 26.0 Å². The molecule has 0 fully saturated rings. The molecule has 0 atom stereocenters. The van der Waals surface area contributed by atoms with Crippen molar-refractivity contribution in [3.05, 3.63) is 35.9 Å². The minimum Gasteiger partial charge on any atom is -0.310 e. The number of halogens is 1. The van der Waals surface area contributed by atoms with Gasteiger partial charge in [-0.3, -0.25) is 0 Å². The van der Waals surface area contributed by atoms with E-state index in [0.29, 0.717) is 11.4 Å². The third kappa shape index (κ3) is 1.82. The number of fused-ring (bicyclic) bond motifs is 1. The number of hydrogen-bond acceptors (Lipinski definition) is 2. The largest absolute Gasteiger partial charge is 0.310 e. The second-order valence-electron chi connectivity index (χ2n) is 5.67. The highest BCUT2D eigenvalue weighted by Crippen LogP contribution is 2.33. The van der Waals surface area contributed by atoms with Crippen molar-refractivity contribution in [2.24, 2.45) is 5.41 Å². The zero-order chi connectivity index (χ0) is 12.8. The van der Waals surface area contributed by atoms with Gasteiger partial charge in [0.2, 0.25) is 0 Å². The summed E-state index contributed by atoms with van der Waals surface area (Å²) in [6.07, 6.45) is 2.01. The zero-order valence-electron chi connectivity index (χ0n) is 10.7. The van der Waals surface area contributed by atoms with Crippen molar-refractivity contribution >= 4 is 0 Å². The number of aromatic nitrogens is 3. The topological polar surface area (TPSA) is 30.7 Å². The Kier molecular flexibility index (Phi) is 2.47. The first-order valence-electron chi connectivity index (χ1n) is 6.24. The third-order valence-corrected chi connectivity index (χ3v) is 3.55. The number of hydrogen-bond donors (Lipinski definition) is 0. The Hall–Kier alpha value is -1.71. The molecule has 2 aromatic rings. The lowest BCUT2D eigenvalue weighted by atomic mass is 9.85. The first-order valence-corrected chi connectivity index (χ1v) is 6.24. The van der Waals surface area contributed by atoms with Crippen molar-refractivity contribution in [1.82, 2.24) is 14.8 Å². The smallest absolute Gasteiger partial charge is 0.166 e. The molecule has 94 valence electrons. The summed E-state index contributed by atoms with van der Waals surface area (Å²) < 4.78 is 15.9. The lowest BCUT2D eigenvalue weighted by Crippen LogP contribution is -2.27. The van der Waals surface area contributed by atoms with E-state index in [1.165, 1.54) is 6.07 Å². The van der Waals surface area contributed by atoms with Crippen LogP contribution in [0.25, 0.3) is 11.4 Å². The van der Waals surface area contributed by atoms with Crippen LogP contribution in [0.15, 0.2) is 24.3 Å². The molecule has 18 heavy (non-hydrogen) atoms. The van der Waals surface area contributed by atoms with Gasteiger partial charge >= 0.3 is 0 Å². The van der Waals surface area contributed by atoms with Gasteiger partial charge in [-0.05, 0) is 24.0 Å². The Balaban J connectivity index is 2.11. The van der Waals surface area contributed by atoms with Crippen LogP contribution in [-0.4, -0.2) is 14.8 Å². The van der Waals surface area contributed by atoms with Crippen LogP contribution in [0.1, 0.15) is 26.1 Å². The molecule has 0 saturated carbocycles. The van der Waals surface area contributed by atoms with Gasteiger partial charge in [-0.25, -0.2) is 4.39 Å². The van der Waals surface area contributed by atoms with E-state index >= 15 is 0 Å². The van der Waals surface area contributed by atoms with Gasteiger partial charge in [-0.15, -0.1) is 10.2 Å². The predicted molar refractivity (Wildman–Crippen MR) is 67.5 cm³/mol. The van der Waals surface area contributed by atoms with Crippen LogP contribution in [-0.2, 0) is 13.0 Å². The molecule has 3 rings (SSSR count). The highest BCUT2D eigenvalue weighted by atomic mass is 19.1. The summed E-state index contributed by atoms with van der Waals surface area (Å²) in [5.74, 6) is 1.37. The summed E-state index contributed by atoms with van der Waals surface area (Å²) in [5, 5.41) is 8.35. The van der Waals surface area contributed by atoms with E-state index < -0.39 is 0 Å². The first-order chi connectivity index (χ1) is 8.57. The van der Waals surface area contributed by atoms with Crippen LogP contribution in [0.2, 0.25) is 0 Å². The summed E-state index contributed by atoms with van der Waals surface area (Å²) in [5.41, 5.74) is 0.754. The van der Waals surface area contributed by atoms with E-state index in [4.69, 9.17) is 0 Å². The molecular weight excluding hydrogens is 229 g/mol. The second kappa shape index (κ2) is 3.90. The second-order valence-corrected chi connectivity index (χ2v) is 5.67. The molecule has 1 aromatic carbocycles. The summed E-state index contributed by atoms with van der Waals surface area (Å²) in [4.78, 5) is 0. The Labute approximate surface area is 106 Å². The van der Waals surface area contributed by atoms with Crippen LogP contribution in [0.5, 0.6) is 0 Å². The fourth-order valence-corrected chi connectivity index (χ4v) is 2.49. The van der Waals surface area contributed by atoms with Gasteiger partial charge in [0.25, 0.3) is 0 Å². The molecule has 0 bridgehead atoms. The Bertz CT molecular complexity index is 586. The summed E-state index contributed by atoms with van der Waals surface area (Å²) in [7, 11) is 0. The van der Waals surface area contributed by atoms with E-state index in [-0.39, 0.29) is 11.2 Å². The molecule has 1 aromatic heterocycles. The molecule has 0 aliphatic carbocycles. The highest BCUT2D eigenvalue weighted by Gasteiger charge is 2.29. The molecule has 0 radical (unpaired) electrons. The Morgan fingerprint density at radius 1 is 1.22 bits per heavy atom. The van der Waals surface area contributed by atoms with Gasteiger partial charge in [0, 0.05) is 13.0 Å². The van der Waals surface area contributed by atoms with Crippen LogP contribution in [0.4, 0.5) is 4.39 Å². The molecule has 0 spiro atoms. The third-order valence-electron chi connectivity index (χ3n) is 3.55. The van der Waals surface area contributed by atoms with Crippen LogP contribution < -0.4 is 0 Å². The highest BCUT2D eigenvalue weighted by molar-refractivity contribution is 5.56. The maximum atomic E-state index is 13.8. The Morgan fingerprint density at radius 3 is 2.78 bits per heavy atom. The van der Waals surface area contributed by atoms with E-state index in [0.717, 1.165) is 25.2 Å². The number of benzene rings is 1.